The molecule has 0 aromatic carbocycles. The van der Waals surface area contributed by atoms with Crippen molar-refractivity contribution in [3.05, 3.63) is 11.9 Å². The highest BCUT2D eigenvalue weighted by Crippen LogP contribution is 2.33. The number of thioether (sulfide) groups is 1. The summed E-state index contributed by atoms with van der Waals surface area (Å²) in [5, 5.41) is 11.9. The summed E-state index contributed by atoms with van der Waals surface area (Å²) >= 11 is 2.06. The summed E-state index contributed by atoms with van der Waals surface area (Å²) in [6.07, 6.45) is 4.41. The van der Waals surface area contributed by atoms with Crippen LogP contribution in [-0.4, -0.2) is 33.0 Å². The summed E-state index contributed by atoms with van der Waals surface area (Å²) in [5.41, 5.74) is 1.26. The van der Waals surface area contributed by atoms with E-state index in [-0.39, 0.29) is 0 Å². The van der Waals surface area contributed by atoms with Gasteiger partial charge in [0.25, 0.3) is 0 Å². The second-order valence-electron chi connectivity index (χ2n) is 4.53. The molecule has 2 unspecified atom stereocenters. The Morgan fingerprint density at radius 1 is 1.59 bits per heavy atom. The van der Waals surface area contributed by atoms with E-state index in [0.717, 1.165) is 19.0 Å². The molecule has 96 valence electrons. The van der Waals surface area contributed by atoms with Crippen molar-refractivity contribution >= 4 is 11.8 Å². The molecule has 1 aliphatic heterocycles. The van der Waals surface area contributed by atoms with E-state index in [1.165, 1.54) is 30.0 Å². The predicted molar refractivity (Wildman–Crippen MR) is 72.2 cm³/mol. The molecule has 0 amide bonds. The van der Waals surface area contributed by atoms with Gasteiger partial charge in [-0.1, -0.05) is 12.1 Å². The van der Waals surface area contributed by atoms with Crippen molar-refractivity contribution in [2.45, 2.75) is 39.3 Å². The number of nitrogens with one attached hydrogen (secondary N) is 1. The molecule has 17 heavy (non-hydrogen) atoms. The Bertz CT molecular complexity index is 333. The Morgan fingerprint density at radius 2 is 2.47 bits per heavy atom. The standard InChI is InChI=1S/C12H22N4S/c1-3-6-13-12(10-5-7-17-9-10)11-8-14-15-16(11)4-2/h8,10,12-13H,3-7,9H2,1-2H3. The molecule has 5 heteroatoms. The normalized spacial score (nSPS) is 21.9. The van der Waals surface area contributed by atoms with Crippen LogP contribution < -0.4 is 5.32 Å². The Kier molecular flexibility index (Phi) is 4.86. The molecule has 2 rings (SSSR count). The van der Waals surface area contributed by atoms with Crippen LogP contribution in [0.25, 0.3) is 0 Å². The molecular weight excluding hydrogens is 232 g/mol. The zero-order valence-electron chi connectivity index (χ0n) is 10.7. The van der Waals surface area contributed by atoms with Gasteiger partial charge in [-0.3, -0.25) is 0 Å². The Balaban J connectivity index is 2.13. The molecule has 0 spiro atoms. The molecule has 1 aliphatic rings. The van der Waals surface area contributed by atoms with E-state index < -0.39 is 0 Å². The van der Waals surface area contributed by atoms with Crippen LogP contribution in [0.3, 0.4) is 0 Å². The van der Waals surface area contributed by atoms with E-state index in [2.05, 4.69) is 41.2 Å². The van der Waals surface area contributed by atoms with Gasteiger partial charge in [0.1, 0.15) is 0 Å². The molecule has 0 saturated carbocycles. The highest BCUT2D eigenvalue weighted by atomic mass is 32.2. The second-order valence-corrected chi connectivity index (χ2v) is 5.68. The van der Waals surface area contributed by atoms with Crippen molar-refractivity contribution in [1.82, 2.24) is 20.3 Å². The van der Waals surface area contributed by atoms with Crippen LogP contribution in [-0.2, 0) is 6.54 Å². The molecule has 1 aromatic heterocycles. The first kappa shape index (κ1) is 12.9. The summed E-state index contributed by atoms with van der Waals surface area (Å²) in [7, 11) is 0. The van der Waals surface area contributed by atoms with E-state index >= 15 is 0 Å². The highest BCUT2D eigenvalue weighted by Gasteiger charge is 2.28. The number of hydrogen-bond donors (Lipinski definition) is 1. The molecule has 2 heterocycles. The van der Waals surface area contributed by atoms with E-state index in [4.69, 9.17) is 0 Å². The SMILES string of the molecule is CCCNC(c1cnnn1CC)C1CCSC1. The summed E-state index contributed by atoms with van der Waals surface area (Å²) < 4.78 is 2.02. The van der Waals surface area contributed by atoms with E-state index in [1.807, 2.05) is 10.9 Å². The van der Waals surface area contributed by atoms with Gasteiger partial charge in [0, 0.05) is 6.54 Å². The Labute approximate surface area is 108 Å². The summed E-state index contributed by atoms with van der Waals surface area (Å²) in [4.78, 5) is 0. The van der Waals surface area contributed by atoms with Crippen LogP contribution in [0.5, 0.6) is 0 Å². The van der Waals surface area contributed by atoms with Gasteiger partial charge in [-0.15, -0.1) is 5.10 Å². The van der Waals surface area contributed by atoms with Gasteiger partial charge in [0.05, 0.1) is 17.9 Å². The molecule has 1 N–H and O–H groups in total. The van der Waals surface area contributed by atoms with Crippen molar-refractivity contribution in [2.75, 3.05) is 18.1 Å². The molecule has 0 radical (unpaired) electrons. The number of hydrogen-bond acceptors (Lipinski definition) is 4. The number of aryl methyl sites for hydroxylation is 1. The zero-order chi connectivity index (χ0) is 12.1. The molecule has 0 bridgehead atoms. The maximum atomic E-state index is 4.15. The molecule has 0 aliphatic carbocycles. The topological polar surface area (TPSA) is 42.7 Å². The molecule has 1 aromatic rings. The lowest BCUT2D eigenvalue weighted by atomic mass is 9.96. The molecule has 1 fully saturated rings. The minimum atomic E-state index is 0.430. The van der Waals surface area contributed by atoms with Gasteiger partial charge < -0.3 is 5.32 Å². The lowest BCUT2D eigenvalue weighted by Crippen LogP contribution is -2.31. The Hall–Kier alpha value is -0.550. The van der Waals surface area contributed by atoms with Crippen LogP contribution >= 0.6 is 11.8 Å². The van der Waals surface area contributed by atoms with Gasteiger partial charge in [-0.05, 0) is 43.7 Å². The third-order valence-electron chi connectivity index (χ3n) is 3.32. The molecule has 2 atom stereocenters. The first-order valence-electron chi connectivity index (χ1n) is 6.56. The first-order chi connectivity index (χ1) is 8.36. The maximum absolute atomic E-state index is 4.15. The van der Waals surface area contributed by atoms with Crippen LogP contribution in [0.4, 0.5) is 0 Å². The lowest BCUT2D eigenvalue weighted by Gasteiger charge is -2.24. The third kappa shape index (κ3) is 3.01. The van der Waals surface area contributed by atoms with Crippen molar-refractivity contribution in [3.63, 3.8) is 0 Å². The number of aromatic nitrogens is 3. The average molecular weight is 254 g/mol. The average Bonchev–Trinajstić information content (AvgIpc) is 3.00. The molecular formula is C12H22N4S. The third-order valence-corrected chi connectivity index (χ3v) is 4.50. The summed E-state index contributed by atoms with van der Waals surface area (Å²) in [5.74, 6) is 3.29. The second kappa shape index (κ2) is 6.40. The number of nitrogens with zero attached hydrogens (tertiary/aromatic N) is 3. The van der Waals surface area contributed by atoms with Crippen LogP contribution in [0.15, 0.2) is 6.20 Å². The van der Waals surface area contributed by atoms with Crippen LogP contribution in [0.2, 0.25) is 0 Å². The van der Waals surface area contributed by atoms with E-state index in [0.29, 0.717) is 6.04 Å². The minimum Gasteiger partial charge on any atom is -0.308 e. The summed E-state index contributed by atoms with van der Waals surface area (Å²) in [6.45, 7) is 6.31. The van der Waals surface area contributed by atoms with E-state index in [1.54, 1.807) is 0 Å². The van der Waals surface area contributed by atoms with Crippen molar-refractivity contribution in [1.29, 1.82) is 0 Å². The molecule has 1 saturated heterocycles. The largest absolute Gasteiger partial charge is 0.308 e. The Morgan fingerprint density at radius 3 is 3.12 bits per heavy atom. The molecule has 4 nitrogen and oxygen atoms in total. The maximum Gasteiger partial charge on any atom is 0.0759 e. The van der Waals surface area contributed by atoms with Gasteiger partial charge in [0.15, 0.2) is 0 Å². The van der Waals surface area contributed by atoms with Gasteiger partial charge in [-0.2, -0.15) is 11.8 Å². The van der Waals surface area contributed by atoms with Gasteiger partial charge in [0.2, 0.25) is 0 Å². The van der Waals surface area contributed by atoms with Crippen molar-refractivity contribution < 1.29 is 0 Å². The monoisotopic (exact) mass is 254 g/mol. The first-order valence-corrected chi connectivity index (χ1v) is 7.71. The van der Waals surface area contributed by atoms with Crippen molar-refractivity contribution in [3.8, 4) is 0 Å². The van der Waals surface area contributed by atoms with Crippen molar-refractivity contribution in [2.24, 2.45) is 5.92 Å². The minimum absolute atomic E-state index is 0.430. The van der Waals surface area contributed by atoms with Crippen LogP contribution in [0.1, 0.15) is 38.4 Å². The fourth-order valence-corrected chi connectivity index (χ4v) is 3.68. The lowest BCUT2D eigenvalue weighted by molar-refractivity contribution is 0.368. The summed E-state index contributed by atoms with van der Waals surface area (Å²) in [6, 6.07) is 0.430. The quantitative estimate of drug-likeness (QED) is 0.844. The van der Waals surface area contributed by atoms with Crippen LogP contribution in [0, 0.1) is 5.92 Å². The fraction of sp³-hybridized carbons (Fsp3) is 0.833. The van der Waals surface area contributed by atoms with Gasteiger partial charge in [-0.25, -0.2) is 4.68 Å². The van der Waals surface area contributed by atoms with E-state index in [9.17, 15) is 0 Å². The predicted octanol–water partition coefficient (Wildman–Crippen LogP) is 2.09. The number of rotatable bonds is 6. The smallest absolute Gasteiger partial charge is 0.0759 e. The zero-order valence-corrected chi connectivity index (χ0v) is 11.5. The van der Waals surface area contributed by atoms with Gasteiger partial charge >= 0.3 is 0 Å². The highest BCUT2D eigenvalue weighted by molar-refractivity contribution is 7.99. The fourth-order valence-electron chi connectivity index (χ4n) is 2.38.